The number of hydrogen-bond acceptors (Lipinski definition) is 4. The number of fused-ring (bicyclic) bond motifs is 1. The van der Waals surface area contributed by atoms with E-state index in [9.17, 15) is 18.0 Å². The van der Waals surface area contributed by atoms with Crippen molar-refractivity contribution in [1.82, 2.24) is 0 Å². The second-order valence-electron chi connectivity index (χ2n) is 6.90. The van der Waals surface area contributed by atoms with E-state index in [2.05, 4.69) is 10.6 Å². The number of nitrogens with one attached hydrogen (secondary N) is 2. The van der Waals surface area contributed by atoms with Gasteiger partial charge >= 0.3 is 0 Å². The Morgan fingerprint density at radius 3 is 2.32 bits per heavy atom. The first-order chi connectivity index (χ1) is 14.9. The Balaban J connectivity index is 1.70. The summed E-state index contributed by atoms with van der Waals surface area (Å²) in [6.45, 7) is 0. The fourth-order valence-corrected chi connectivity index (χ4v) is 5.14. The van der Waals surface area contributed by atoms with Crippen LogP contribution in [-0.2, 0) is 19.6 Å². The summed E-state index contributed by atoms with van der Waals surface area (Å²) in [5.74, 6) is -1.08. The Labute approximate surface area is 184 Å². The molecule has 0 radical (unpaired) electrons. The average Bonchev–Trinajstić information content (AvgIpc) is 2.76. The smallest absolute Gasteiger partial charge is 0.265 e. The van der Waals surface area contributed by atoms with Crippen LogP contribution in [0.1, 0.15) is 6.42 Å². The van der Waals surface area contributed by atoms with Gasteiger partial charge in [0.25, 0.3) is 10.0 Å². The van der Waals surface area contributed by atoms with Crippen molar-refractivity contribution in [3.8, 4) is 0 Å². The molecule has 0 aromatic heterocycles. The van der Waals surface area contributed by atoms with Crippen molar-refractivity contribution in [2.45, 2.75) is 17.4 Å². The second-order valence-corrected chi connectivity index (χ2v) is 9.15. The van der Waals surface area contributed by atoms with Gasteiger partial charge in [-0.05, 0) is 48.5 Å². The topological polar surface area (TPSA) is 95.6 Å². The predicted octanol–water partition coefficient (Wildman–Crippen LogP) is 3.88. The van der Waals surface area contributed by atoms with Crippen LogP contribution < -0.4 is 14.9 Å². The number of benzene rings is 3. The van der Waals surface area contributed by atoms with Gasteiger partial charge in [-0.25, -0.2) is 8.42 Å². The molecule has 0 saturated heterocycles. The van der Waals surface area contributed by atoms with Crippen molar-refractivity contribution in [3.05, 3.63) is 83.9 Å². The van der Waals surface area contributed by atoms with Crippen molar-refractivity contribution in [1.29, 1.82) is 0 Å². The molecule has 1 atom stereocenters. The van der Waals surface area contributed by atoms with Gasteiger partial charge in [0, 0.05) is 10.7 Å². The number of amides is 2. The molecule has 1 aliphatic rings. The lowest BCUT2D eigenvalue weighted by molar-refractivity contribution is -0.122. The molecule has 3 aromatic carbocycles. The lowest BCUT2D eigenvalue weighted by atomic mass is 10.1. The van der Waals surface area contributed by atoms with E-state index in [1.807, 2.05) is 0 Å². The highest BCUT2D eigenvalue weighted by molar-refractivity contribution is 7.93. The maximum absolute atomic E-state index is 13.5. The fourth-order valence-electron chi connectivity index (χ4n) is 3.36. The number of rotatable bonds is 5. The van der Waals surface area contributed by atoms with Gasteiger partial charge < -0.3 is 10.6 Å². The van der Waals surface area contributed by atoms with Crippen LogP contribution in [0.25, 0.3) is 0 Å². The molecule has 0 unspecified atom stereocenters. The van der Waals surface area contributed by atoms with Crippen molar-refractivity contribution in [2.24, 2.45) is 0 Å². The van der Waals surface area contributed by atoms with Gasteiger partial charge in [0.2, 0.25) is 11.8 Å². The third-order valence-electron chi connectivity index (χ3n) is 4.79. The number of anilines is 3. The largest absolute Gasteiger partial charge is 0.326 e. The quantitative estimate of drug-likeness (QED) is 0.610. The van der Waals surface area contributed by atoms with E-state index in [1.54, 1.807) is 66.7 Å². The second kappa shape index (κ2) is 8.41. The summed E-state index contributed by atoms with van der Waals surface area (Å²) in [5.41, 5.74) is 1.15. The van der Waals surface area contributed by atoms with Gasteiger partial charge in [0.1, 0.15) is 6.04 Å². The summed E-state index contributed by atoms with van der Waals surface area (Å²) < 4.78 is 28.0. The Hall–Kier alpha value is -3.36. The molecule has 1 heterocycles. The van der Waals surface area contributed by atoms with Crippen LogP contribution in [-0.4, -0.2) is 26.3 Å². The molecule has 3 aromatic rings. The summed E-state index contributed by atoms with van der Waals surface area (Å²) in [6, 6.07) is 19.6. The molecule has 158 valence electrons. The molecule has 1 aliphatic heterocycles. The van der Waals surface area contributed by atoms with Gasteiger partial charge in [-0.2, -0.15) is 0 Å². The Morgan fingerprint density at radius 1 is 0.968 bits per heavy atom. The summed E-state index contributed by atoms with van der Waals surface area (Å²) >= 11 is 5.86. The SMILES string of the molecule is O=C(C[C@H]1C(=O)Nc2ccccc2N1S(=O)(=O)c1ccccc1)Nc1ccc(Cl)cc1. The van der Waals surface area contributed by atoms with Crippen molar-refractivity contribution in [3.63, 3.8) is 0 Å². The molecular weight excluding hydrogens is 438 g/mol. The molecule has 0 saturated carbocycles. The molecule has 4 rings (SSSR count). The first kappa shape index (κ1) is 20.9. The van der Waals surface area contributed by atoms with E-state index >= 15 is 0 Å². The third-order valence-corrected chi connectivity index (χ3v) is 6.88. The monoisotopic (exact) mass is 455 g/mol. The number of nitrogens with zero attached hydrogens (tertiary/aromatic N) is 1. The van der Waals surface area contributed by atoms with Crippen molar-refractivity contribution >= 4 is 50.5 Å². The molecular formula is C22H18ClN3O4S. The van der Waals surface area contributed by atoms with Crippen LogP contribution in [0, 0.1) is 0 Å². The Morgan fingerprint density at radius 2 is 1.61 bits per heavy atom. The van der Waals surface area contributed by atoms with Crippen molar-refractivity contribution < 1.29 is 18.0 Å². The van der Waals surface area contributed by atoms with Gasteiger partial charge in [-0.3, -0.25) is 13.9 Å². The van der Waals surface area contributed by atoms with Crippen molar-refractivity contribution in [2.75, 3.05) is 14.9 Å². The van der Waals surface area contributed by atoms with Gasteiger partial charge in [-0.1, -0.05) is 41.9 Å². The average molecular weight is 456 g/mol. The maximum Gasteiger partial charge on any atom is 0.265 e. The highest BCUT2D eigenvalue weighted by Crippen LogP contribution is 2.37. The van der Waals surface area contributed by atoms with Gasteiger partial charge in [0.15, 0.2) is 0 Å². The zero-order chi connectivity index (χ0) is 22.0. The minimum Gasteiger partial charge on any atom is -0.326 e. The van der Waals surface area contributed by atoms with E-state index in [4.69, 9.17) is 11.6 Å². The Kier molecular flexibility index (Phi) is 5.67. The number of carbonyl (C=O) groups excluding carboxylic acids is 2. The number of hydrogen-bond donors (Lipinski definition) is 2. The first-order valence-electron chi connectivity index (χ1n) is 9.41. The Bertz CT molecular complexity index is 1230. The lowest BCUT2D eigenvalue weighted by Gasteiger charge is -2.36. The van der Waals surface area contributed by atoms with Gasteiger partial charge in [0.05, 0.1) is 22.7 Å². The van der Waals surface area contributed by atoms with E-state index in [0.29, 0.717) is 22.1 Å². The number of sulfonamides is 1. The highest BCUT2D eigenvalue weighted by Gasteiger charge is 2.41. The summed E-state index contributed by atoms with van der Waals surface area (Å²) in [5, 5.41) is 5.89. The molecule has 2 amide bonds. The number of halogens is 1. The fraction of sp³-hybridized carbons (Fsp3) is 0.0909. The van der Waals surface area contributed by atoms with Crippen LogP contribution in [0.4, 0.5) is 17.1 Å². The summed E-state index contributed by atoms with van der Waals surface area (Å²) in [6.07, 6.45) is -0.366. The molecule has 31 heavy (non-hydrogen) atoms. The number of carbonyl (C=O) groups is 2. The number of para-hydroxylation sites is 2. The molecule has 9 heteroatoms. The summed E-state index contributed by atoms with van der Waals surface area (Å²) in [7, 11) is -4.11. The normalized spacial score (nSPS) is 15.7. The van der Waals surface area contributed by atoms with Gasteiger partial charge in [-0.15, -0.1) is 0 Å². The van der Waals surface area contributed by atoms with E-state index in [-0.39, 0.29) is 11.3 Å². The van der Waals surface area contributed by atoms with Crippen LogP contribution in [0.5, 0.6) is 0 Å². The maximum atomic E-state index is 13.5. The molecule has 0 fully saturated rings. The molecule has 7 nitrogen and oxygen atoms in total. The zero-order valence-corrected chi connectivity index (χ0v) is 17.7. The molecule has 0 spiro atoms. The van der Waals surface area contributed by atoms with Crippen LogP contribution >= 0.6 is 11.6 Å². The molecule has 0 aliphatic carbocycles. The van der Waals surface area contributed by atoms with E-state index in [0.717, 1.165) is 4.31 Å². The summed E-state index contributed by atoms with van der Waals surface area (Å²) in [4.78, 5) is 25.6. The third kappa shape index (κ3) is 4.26. The van der Waals surface area contributed by atoms with E-state index < -0.39 is 27.9 Å². The van der Waals surface area contributed by atoms with Crippen LogP contribution in [0.15, 0.2) is 83.8 Å². The lowest BCUT2D eigenvalue weighted by Crippen LogP contribution is -2.52. The molecule has 0 bridgehead atoms. The van der Waals surface area contributed by atoms with E-state index in [1.165, 1.54) is 12.1 Å². The minimum absolute atomic E-state index is 0.0302. The molecule has 2 N–H and O–H groups in total. The predicted molar refractivity (Wildman–Crippen MR) is 120 cm³/mol. The first-order valence-corrected chi connectivity index (χ1v) is 11.2. The standard InChI is InChI=1S/C22H18ClN3O4S/c23-15-10-12-16(13-11-15)24-21(27)14-20-22(28)25-18-8-4-5-9-19(18)26(20)31(29,30)17-6-2-1-3-7-17/h1-13,20H,14H2,(H,24,27)(H,25,28)/t20-/m0/s1. The van der Waals surface area contributed by atoms with Crippen LogP contribution in [0.3, 0.4) is 0 Å². The minimum atomic E-state index is -4.11. The zero-order valence-electron chi connectivity index (χ0n) is 16.2. The van der Waals surface area contributed by atoms with Crippen LogP contribution in [0.2, 0.25) is 5.02 Å². The highest BCUT2D eigenvalue weighted by atomic mass is 35.5.